The molecule has 1 saturated heterocycles. The van der Waals surface area contributed by atoms with E-state index >= 15 is 0 Å². The lowest BCUT2D eigenvalue weighted by atomic mass is 10.2. The van der Waals surface area contributed by atoms with Crippen LogP contribution in [0.3, 0.4) is 0 Å². The highest BCUT2D eigenvalue weighted by atomic mass is 16.2. The van der Waals surface area contributed by atoms with Crippen molar-refractivity contribution in [1.82, 2.24) is 4.90 Å². The zero-order valence-electron chi connectivity index (χ0n) is 12.5. The van der Waals surface area contributed by atoms with Gasteiger partial charge in [-0.05, 0) is 57.1 Å². The summed E-state index contributed by atoms with van der Waals surface area (Å²) in [4.78, 5) is 25.5. The monoisotopic (exact) mass is 289 g/mol. The molecule has 0 radical (unpaired) electrons. The van der Waals surface area contributed by atoms with Crippen LogP contribution in [0.5, 0.6) is 0 Å². The Bertz CT molecular complexity index is 491. The zero-order valence-corrected chi connectivity index (χ0v) is 12.5. The Labute approximate surface area is 125 Å². The van der Waals surface area contributed by atoms with Gasteiger partial charge in [0.05, 0.1) is 6.04 Å². The lowest BCUT2D eigenvalue weighted by molar-refractivity contribution is -0.120. The van der Waals surface area contributed by atoms with Gasteiger partial charge in [0.2, 0.25) is 11.8 Å². The molecule has 3 N–H and O–H groups in total. The fraction of sp³-hybridized carbons (Fsp3) is 0.500. The molecule has 0 aromatic heterocycles. The Balaban J connectivity index is 1.94. The summed E-state index contributed by atoms with van der Waals surface area (Å²) in [6.07, 6.45) is 4.81. The van der Waals surface area contributed by atoms with Crippen molar-refractivity contribution >= 4 is 17.5 Å². The SMILES string of the molecule is C[C@H](C(=O)Nc1ccc(C(N)=O)cc1)N1CCCCCC1. The second kappa shape index (κ2) is 7.22. The summed E-state index contributed by atoms with van der Waals surface area (Å²) in [7, 11) is 0. The maximum absolute atomic E-state index is 12.3. The number of hydrogen-bond acceptors (Lipinski definition) is 3. The summed E-state index contributed by atoms with van der Waals surface area (Å²) in [6.45, 7) is 3.91. The topological polar surface area (TPSA) is 75.4 Å². The Morgan fingerprint density at radius 1 is 1.10 bits per heavy atom. The molecule has 1 aliphatic heterocycles. The van der Waals surface area contributed by atoms with Crippen LogP contribution in [0.2, 0.25) is 0 Å². The third-order valence-electron chi connectivity index (χ3n) is 4.00. The summed E-state index contributed by atoms with van der Waals surface area (Å²) in [5.74, 6) is -0.477. The number of benzene rings is 1. The Kier molecular flexibility index (Phi) is 5.33. The van der Waals surface area contributed by atoms with E-state index in [2.05, 4.69) is 10.2 Å². The van der Waals surface area contributed by atoms with Crippen LogP contribution in [0, 0.1) is 0 Å². The summed E-state index contributed by atoms with van der Waals surface area (Å²) in [6, 6.07) is 6.50. The largest absolute Gasteiger partial charge is 0.366 e. The molecule has 1 aliphatic rings. The molecule has 0 bridgehead atoms. The van der Waals surface area contributed by atoms with Crippen LogP contribution < -0.4 is 11.1 Å². The number of primary amides is 1. The third kappa shape index (κ3) is 4.29. The van der Waals surface area contributed by atoms with Gasteiger partial charge < -0.3 is 11.1 Å². The first-order chi connectivity index (χ1) is 10.1. The lowest BCUT2D eigenvalue weighted by Crippen LogP contribution is -2.42. The second-order valence-corrected chi connectivity index (χ2v) is 5.56. The van der Waals surface area contributed by atoms with Gasteiger partial charge in [0.15, 0.2) is 0 Å². The molecule has 5 nitrogen and oxygen atoms in total. The fourth-order valence-corrected chi connectivity index (χ4v) is 2.61. The van der Waals surface area contributed by atoms with Crippen LogP contribution in [-0.4, -0.2) is 35.8 Å². The van der Waals surface area contributed by atoms with Gasteiger partial charge in [-0.2, -0.15) is 0 Å². The zero-order chi connectivity index (χ0) is 15.2. The molecule has 2 amide bonds. The summed E-state index contributed by atoms with van der Waals surface area (Å²) in [5.41, 5.74) is 6.32. The molecule has 1 aromatic rings. The van der Waals surface area contributed by atoms with Gasteiger partial charge in [-0.3, -0.25) is 14.5 Å². The number of nitrogens with zero attached hydrogens (tertiary/aromatic N) is 1. The molecule has 1 aromatic carbocycles. The van der Waals surface area contributed by atoms with Crippen molar-refractivity contribution in [3.63, 3.8) is 0 Å². The van der Waals surface area contributed by atoms with Gasteiger partial charge in [0.25, 0.3) is 0 Å². The molecule has 2 rings (SSSR count). The van der Waals surface area contributed by atoms with E-state index in [9.17, 15) is 9.59 Å². The first-order valence-corrected chi connectivity index (χ1v) is 7.52. The molecule has 1 heterocycles. The average molecular weight is 289 g/mol. The van der Waals surface area contributed by atoms with Gasteiger partial charge in [-0.15, -0.1) is 0 Å². The number of carbonyl (C=O) groups is 2. The third-order valence-corrected chi connectivity index (χ3v) is 4.00. The second-order valence-electron chi connectivity index (χ2n) is 5.56. The number of carbonyl (C=O) groups excluding carboxylic acids is 2. The van der Waals surface area contributed by atoms with E-state index in [0.29, 0.717) is 11.3 Å². The van der Waals surface area contributed by atoms with E-state index in [1.807, 2.05) is 6.92 Å². The molecule has 0 unspecified atom stereocenters. The van der Waals surface area contributed by atoms with Crippen molar-refractivity contribution in [2.75, 3.05) is 18.4 Å². The van der Waals surface area contributed by atoms with Crippen molar-refractivity contribution in [1.29, 1.82) is 0 Å². The van der Waals surface area contributed by atoms with Gasteiger partial charge in [-0.25, -0.2) is 0 Å². The van der Waals surface area contributed by atoms with Gasteiger partial charge in [-0.1, -0.05) is 12.8 Å². The van der Waals surface area contributed by atoms with Crippen molar-refractivity contribution in [2.24, 2.45) is 5.73 Å². The number of anilines is 1. The number of hydrogen-bond donors (Lipinski definition) is 2. The molecule has 5 heteroatoms. The summed E-state index contributed by atoms with van der Waals surface area (Å²) >= 11 is 0. The molecular weight excluding hydrogens is 266 g/mol. The molecule has 1 atom stereocenters. The minimum atomic E-state index is -0.467. The average Bonchev–Trinajstić information content (AvgIpc) is 2.76. The highest BCUT2D eigenvalue weighted by molar-refractivity contribution is 5.96. The van der Waals surface area contributed by atoms with E-state index in [1.165, 1.54) is 12.8 Å². The van der Waals surface area contributed by atoms with Gasteiger partial charge in [0, 0.05) is 11.3 Å². The predicted molar refractivity (Wildman–Crippen MR) is 83.1 cm³/mol. The van der Waals surface area contributed by atoms with Crippen LogP contribution in [-0.2, 0) is 4.79 Å². The van der Waals surface area contributed by atoms with Gasteiger partial charge >= 0.3 is 0 Å². The van der Waals surface area contributed by atoms with Crippen LogP contribution in [0.1, 0.15) is 43.0 Å². The molecule has 21 heavy (non-hydrogen) atoms. The van der Waals surface area contributed by atoms with E-state index in [-0.39, 0.29) is 11.9 Å². The standard InChI is InChI=1S/C16H23N3O2/c1-12(19-10-4-2-3-5-11-19)16(21)18-14-8-6-13(7-9-14)15(17)20/h6-9,12H,2-5,10-11H2,1H3,(H2,17,20)(H,18,21)/t12-/m1/s1. The predicted octanol–water partition coefficient (Wildman–Crippen LogP) is 1.99. The van der Waals surface area contributed by atoms with Crippen molar-refractivity contribution in [3.8, 4) is 0 Å². The first kappa shape index (κ1) is 15.5. The molecule has 114 valence electrons. The van der Waals surface area contributed by atoms with E-state index in [0.717, 1.165) is 25.9 Å². The molecule has 0 saturated carbocycles. The number of nitrogens with two attached hydrogens (primary N) is 1. The number of amides is 2. The number of rotatable bonds is 4. The van der Waals surface area contributed by atoms with Crippen LogP contribution >= 0.6 is 0 Å². The highest BCUT2D eigenvalue weighted by Gasteiger charge is 2.22. The fourth-order valence-electron chi connectivity index (χ4n) is 2.61. The minimum Gasteiger partial charge on any atom is -0.366 e. The van der Waals surface area contributed by atoms with Crippen molar-refractivity contribution in [3.05, 3.63) is 29.8 Å². The maximum Gasteiger partial charge on any atom is 0.248 e. The summed E-state index contributed by atoms with van der Waals surface area (Å²) < 4.78 is 0. The molecular formula is C16H23N3O2. The number of likely N-dealkylation sites (tertiary alicyclic amines) is 1. The first-order valence-electron chi connectivity index (χ1n) is 7.52. The Hall–Kier alpha value is -1.88. The van der Waals surface area contributed by atoms with E-state index < -0.39 is 5.91 Å². The van der Waals surface area contributed by atoms with Gasteiger partial charge in [0.1, 0.15) is 0 Å². The van der Waals surface area contributed by atoms with Crippen molar-refractivity contribution < 1.29 is 9.59 Å². The summed E-state index contributed by atoms with van der Waals surface area (Å²) in [5, 5.41) is 2.89. The molecule has 0 aliphatic carbocycles. The smallest absolute Gasteiger partial charge is 0.248 e. The van der Waals surface area contributed by atoms with E-state index in [4.69, 9.17) is 5.73 Å². The Morgan fingerprint density at radius 2 is 1.67 bits per heavy atom. The normalized spacial score (nSPS) is 17.8. The molecule has 0 spiro atoms. The molecule has 1 fully saturated rings. The Morgan fingerprint density at radius 3 is 2.19 bits per heavy atom. The van der Waals surface area contributed by atoms with Crippen LogP contribution in [0.4, 0.5) is 5.69 Å². The van der Waals surface area contributed by atoms with Crippen LogP contribution in [0.15, 0.2) is 24.3 Å². The van der Waals surface area contributed by atoms with Crippen molar-refractivity contribution in [2.45, 2.75) is 38.6 Å². The van der Waals surface area contributed by atoms with E-state index in [1.54, 1.807) is 24.3 Å². The number of nitrogens with one attached hydrogen (secondary N) is 1. The quantitative estimate of drug-likeness (QED) is 0.890. The maximum atomic E-state index is 12.3. The van der Waals surface area contributed by atoms with Crippen LogP contribution in [0.25, 0.3) is 0 Å². The lowest BCUT2D eigenvalue weighted by Gasteiger charge is -2.26. The highest BCUT2D eigenvalue weighted by Crippen LogP contribution is 2.15. The minimum absolute atomic E-state index is 0.0104.